The summed E-state index contributed by atoms with van der Waals surface area (Å²) in [6.45, 7) is 2.89. The highest BCUT2D eigenvalue weighted by molar-refractivity contribution is 5.87. The third-order valence-corrected chi connectivity index (χ3v) is 4.04. The number of hydrogen-bond acceptors (Lipinski definition) is 3. The smallest absolute Gasteiger partial charge is 0.405 e. The van der Waals surface area contributed by atoms with E-state index >= 15 is 0 Å². The van der Waals surface area contributed by atoms with E-state index in [0.717, 1.165) is 5.56 Å². The molecule has 1 saturated heterocycles. The zero-order valence-corrected chi connectivity index (χ0v) is 15.3. The Labute approximate surface area is 156 Å². The molecule has 1 unspecified atom stereocenters. The van der Waals surface area contributed by atoms with Crippen LogP contribution < -0.4 is 15.4 Å². The quantitative estimate of drug-likeness (QED) is 0.789. The summed E-state index contributed by atoms with van der Waals surface area (Å²) < 4.78 is 42.5. The van der Waals surface area contributed by atoms with Gasteiger partial charge >= 0.3 is 12.2 Å². The molecule has 6 nitrogen and oxygen atoms in total. The number of nitrogens with zero attached hydrogens (tertiary/aromatic N) is 1. The maximum Gasteiger partial charge on any atom is 0.405 e. The fourth-order valence-electron chi connectivity index (χ4n) is 2.88. The van der Waals surface area contributed by atoms with Gasteiger partial charge in [0.05, 0.1) is 6.10 Å². The van der Waals surface area contributed by atoms with Crippen LogP contribution in [0.4, 0.5) is 18.0 Å². The predicted octanol–water partition coefficient (Wildman–Crippen LogP) is 2.83. The Morgan fingerprint density at radius 3 is 2.63 bits per heavy atom. The van der Waals surface area contributed by atoms with Crippen molar-refractivity contribution in [2.45, 2.75) is 51.6 Å². The van der Waals surface area contributed by atoms with Crippen molar-refractivity contribution < 1.29 is 27.5 Å². The van der Waals surface area contributed by atoms with Crippen molar-refractivity contribution in [1.29, 1.82) is 0 Å². The standard InChI is InChI=1S/C18H24F3N3O3/c1-12(2)27-15-8-4-3-6-13(15)10-22-17(26)24-9-5-7-14(24)16(25)23-11-18(19,20)21/h3-4,6,8,12,14H,5,7,9-11H2,1-2H3,(H,22,26)(H,23,25). The van der Waals surface area contributed by atoms with Crippen LogP contribution >= 0.6 is 0 Å². The number of nitrogens with one attached hydrogen (secondary N) is 2. The molecule has 0 spiro atoms. The summed E-state index contributed by atoms with van der Waals surface area (Å²) in [7, 11) is 0. The lowest BCUT2D eigenvalue weighted by Gasteiger charge is -2.25. The van der Waals surface area contributed by atoms with Crippen molar-refractivity contribution >= 4 is 11.9 Å². The van der Waals surface area contributed by atoms with Crippen LogP contribution in [0.3, 0.4) is 0 Å². The molecule has 150 valence electrons. The van der Waals surface area contributed by atoms with Crippen LogP contribution in [0.15, 0.2) is 24.3 Å². The van der Waals surface area contributed by atoms with E-state index in [4.69, 9.17) is 4.74 Å². The van der Waals surface area contributed by atoms with Gasteiger partial charge in [0.25, 0.3) is 0 Å². The van der Waals surface area contributed by atoms with Gasteiger partial charge in [0, 0.05) is 18.7 Å². The summed E-state index contributed by atoms with van der Waals surface area (Å²) in [5.74, 6) is -0.141. The Morgan fingerprint density at radius 1 is 1.26 bits per heavy atom. The molecule has 0 saturated carbocycles. The van der Waals surface area contributed by atoms with Crippen LogP contribution in [0.25, 0.3) is 0 Å². The van der Waals surface area contributed by atoms with Gasteiger partial charge in [-0.3, -0.25) is 4.79 Å². The Balaban J connectivity index is 1.94. The predicted molar refractivity (Wildman–Crippen MR) is 93.2 cm³/mol. The van der Waals surface area contributed by atoms with Gasteiger partial charge in [-0.1, -0.05) is 18.2 Å². The van der Waals surface area contributed by atoms with Crippen molar-refractivity contribution in [2.75, 3.05) is 13.1 Å². The normalized spacial score (nSPS) is 17.1. The molecule has 1 aromatic carbocycles. The van der Waals surface area contributed by atoms with Gasteiger partial charge in [-0.2, -0.15) is 13.2 Å². The Bertz CT molecular complexity index is 665. The lowest BCUT2D eigenvalue weighted by molar-refractivity contribution is -0.140. The lowest BCUT2D eigenvalue weighted by Crippen LogP contribution is -2.50. The van der Waals surface area contributed by atoms with Crippen molar-refractivity contribution in [3.05, 3.63) is 29.8 Å². The topological polar surface area (TPSA) is 70.7 Å². The monoisotopic (exact) mass is 387 g/mol. The minimum Gasteiger partial charge on any atom is -0.491 e. The number of alkyl halides is 3. The SMILES string of the molecule is CC(C)Oc1ccccc1CNC(=O)N1CCCC1C(=O)NCC(F)(F)F. The van der Waals surface area contributed by atoms with Gasteiger partial charge in [-0.05, 0) is 32.8 Å². The molecular weight excluding hydrogens is 363 g/mol. The number of benzene rings is 1. The molecule has 2 N–H and O–H groups in total. The highest BCUT2D eigenvalue weighted by atomic mass is 19.4. The average Bonchev–Trinajstić information content (AvgIpc) is 3.07. The summed E-state index contributed by atoms with van der Waals surface area (Å²) in [5.41, 5.74) is 0.775. The molecule has 1 fully saturated rings. The van der Waals surface area contributed by atoms with E-state index in [1.807, 2.05) is 37.4 Å². The molecular formula is C18H24F3N3O3. The number of carbonyl (C=O) groups is 2. The molecule has 1 atom stereocenters. The maximum atomic E-state index is 12.4. The van der Waals surface area contributed by atoms with Gasteiger partial charge < -0.3 is 20.3 Å². The summed E-state index contributed by atoms with van der Waals surface area (Å²) in [5, 5.41) is 4.56. The average molecular weight is 387 g/mol. The van der Waals surface area contributed by atoms with Crippen molar-refractivity contribution in [1.82, 2.24) is 15.5 Å². The number of hydrogen-bond donors (Lipinski definition) is 2. The minimum absolute atomic E-state index is 0.0258. The number of likely N-dealkylation sites (tertiary alicyclic amines) is 1. The first kappa shape index (κ1) is 20.9. The number of amides is 3. The van der Waals surface area contributed by atoms with Gasteiger partial charge in [-0.15, -0.1) is 0 Å². The van der Waals surface area contributed by atoms with E-state index in [0.29, 0.717) is 25.1 Å². The summed E-state index contributed by atoms with van der Waals surface area (Å²) in [6.07, 6.45) is -3.61. The molecule has 1 heterocycles. The Kier molecular flexibility index (Phi) is 6.92. The molecule has 1 aliphatic heterocycles. The van der Waals surface area contributed by atoms with Crippen LogP contribution in [0, 0.1) is 0 Å². The molecule has 0 aromatic heterocycles. The molecule has 1 aromatic rings. The Hall–Kier alpha value is -2.45. The third-order valence-electron chi connectivity index (χ3n) is 4.04. The van der Waals surface area contributed by atoms with E-state index in [1.54, 1.807) is 6.07 Å². The first-order valence-electron chi connectivity index (χ1n) is 8.81. The van der Waals surface area contributed by atoms with Gasteiger partial charge in [0.2, 0.25) is 5.91 Å². The van der Waals surface area contributed by atoms with Gasteiger partial charge in [0.15, 0.2) is 0 Å². The van der Waals surface area contributed by atoms with Crippen molar-refractivity contribution in [3.63, 3.8) is 0 Å². The number of halogens is 3. The van der Waals surface area contributed by atoms with Crippen LogP contribution in [0.1, 0.15) is 32.3 Å². The maximum absolute atomic E-state index is 12.4. The molecule has 2 rings (SSSR count). The largest absolute Gasteiger partial charge is 0.491 e. The zero-order chi connectivity index (χ0) is 20.0. The van der Waals surface area contributed by atoms with E-state index in [-0.39, 0.29) is 12.6 Å². The molecule has 0 aliphatic carbocycles. The number of ether oxygens (including phenoxy) is 1. The number of carbonyl (C=O) groups excluding carboxylic acids is 2. The molecule has 0 radical (unpaired) electrons. The first-order valence-corrected chi connectivity index (χ1v) is 8.81. The van der Waals surface area contributed by atoms with E-state index < -0.39 is 30.7 Å². The second kappa shape index (κ2) is 8.96. The first-order chi connectivity index (χ1) is 12.7. The summed E-state index contributed by atoms with van der Waals surface area (Å²) in [6, 6.07) is 5.87. The summed E-state index contributed by atoms with van der Waals surface area (Å²) in [4.78, 5) is 25.7. The fourth-order valence-corrected chi connectivity index (χ4v) is 2.88. The van der Waals surface area contributed by atoms with E-state index in [1.165, 1.54) is 4.90 Å². The van der Waals surface area contributed by atoms with Crippen LogP contribution in [-0.4, -0.2) is 48.2 Å². The molecule has 0 bridgehead atoms. The second-order valence-electron chi connectivity index (χ2n) is 6.62. The van der Waals surface area contributed by atoms with Crippen LogP contribution in [0.2, 0.25) is 0 Å². The van der Waals surface area contributed by atoms with Gasteiger partial charge in [-0.25, -0.2) is 4.79 Å². The fraction of sp³-hybridized carbons (Fsp3) is 0.556. The number of rotatable bonds is 6. The van der Waals surface area contributed by atoms with Crippen molar-refractivity contribution in [2.24, 2.45) is 0 Å². The van der Waals surface area contributed by atoms with Crippen molar-refractivity contribution in [3.8, 4) is 5.75 Å². The van der Waals surface area contributed by atoms with Crippen LogP contribution in [-0.2, 0) is 11.3 Å². The third kappa shape index (κ3) is 6.33. The molecule has 9 heteroatoms. The molecule has 1 aliphatic rings. The summed E-state index contributed by atoms with van der Waals surface area (Å²) >= 11 is 0. The van der Waals surface area contributed by atoms with Gasteiger partial charge in [0.1, 0.15) is 18.3 Å². The Morgan fingerprint density at radius 2 is 1.96 bits per heavy atom. The zero-order valence-electron chi connectivity index (χ0n) is 15.3. The second-order valence-corrected chi connectivity index (χ2v) is 6.62. The minimum atomic E-state index is -4.48. The molecule has 3 amide bonds. The van der Waals surface area contributed by atoms with E-state index in [2.05, 4.69) is 5.32 Å². The highest BCUT2D eigenvalue weighted by Crippen LogP contribution is 2.21. The molecule has 27 heavy (non-hydrogen) atoms. The number of para-hydroxylation sites is 1. The van der Waals surface area contributed by atoms with E-state index in [9.17, 15) is 22.8 Å². The van der Waals surface area contributed by atoms with Crippen LogP contribution in [0.5, 0.6) is 5.75 Å². The number of urea groups is 1. The highest BCUT2D eigenvalue weighted by Gasteiger charge is 2.36. The lowest BCUT2D eigenvalue weighted by atomic mass is 10.2.